The van der Waals surface area contributed by atoms with E-state index in [-0.39, 0.29) is 0 Å². The fourth-order valence-corrected chi connectivity index (χ4v) is 3.72. The lowest BCUT2D eigenvalue weighted by Gasteiger charge is -2.05. The molecule has 0 aliphatic heterocycles. The Bertz CT molecular complexity index is 578. The Labute approximate surface area is 145 Å². The molecule has 122 valence electrons. The Morgan fingerprint density at radius 3 is 1.52 bits per heavy atom. The van der Waals surface area contributed by atoms with Gasteiger partial charge in [-0.3, -0.25) is 9.59 Å². The molecule has 0 heterocycles. The minimum atomic E-state index is 0.662. The predicted molar refractivity (Wildman–Crippen MR) is 99.3 cm³/mol. The summed E-state index contributed by atoms with van der Waals surface area (Å²) in [7, 11) is 2.96. The van der Waals surface area contributed by atoms with Crippen molar-refractivity contribution in [1.29, 1.82) is 0 Å². The van der Waals surface area contributed by atoms with Gasteiger partial charge in [0, 0.05) is 20.9 Å². The van der Waals surface area contributed by atoms with Gasteiger partial charge in [-0.25, -0.2) is 0 Å². The number of carbonyl (C=O) groups is 2. The zero-order chi connectivity index (χ0) is 17.1. The maximum absolute atomic E-state index is 10.9. The largest absolute Gasteiger partial charge is 0.330 e. The summed E-state index contributed by atoms with van der Waals surface area (Å²) in [5.74, 6) is 0.662. The summed E-state index contributed by atoms with van der Waals surface area (Å²) < 4.78 is 0. The fraction of sp³-hybridized carbons (Fsp3) is 0.222. The topological polar surface area (TPSA) is 60.2 Å². The van der Waals surface area contributed by atoms with Gasteiger partial charge in [0.1, 0.15) is 0 Å². The molecule has 5 heteroatoms. The third-order valence-electron chi connectivity index (χ3n) is 2.78. The van der Waals surface area contributed by atoms with Gasteiger partial charge in [-0.1, -0.05) is 71.8 Å². The lowest BCUT2D eigenvalue weighted by atomic mass is 10.2. The molecular weight excluding hydrogens is 326 g/mol. The van der Waals surface area contributed by atoms with E-state index in [1.165, 1.54) is 21.6 Å². The zero-order valence-electron chi connectivity index (χ0n) is 13.3. The highest BCUT2D eigenvalue weighted by molar-refractivity contribution is 8.76. The second-order valence-electron chi connectivity index (χ2n) is 5.11. The highest BCUT2D eigenvalue weighted by Gasteiger charge is 2.05. The van der Waals surface area contributed by atoms with Crippen LogP contribution in [-0.4, -0.2) is 19.1 Å². The highest BCUT2D eigenvalue weighted by atomic mass is 33.1. The molecular formula is C18H21NO2S2. The summed E-state index contributed by atoms with van der Waals surface area (Å²) in [5, 5.41) is 0. The Kier molecular flexibility index (Phi) is 9.36. The van der Waals surface area contributed by atoms with Crippen molar-refractivity contribution >= 4 is 34.2 Å². The van der Waals surface area contributed by atoms with E-state index in [4.69, 9.17) is 5.73 Å². The van der Waals surface area contributed by atoms with Gasteiger partial charge in [-0.05, 0) is 24.6 Å². The van der Waals surface area contributed by atoms with Crippen LogP contribution in [-0.2, 0) is 0 Å². The van der Waals surface area contributed by atoms with Crippen LogP contribution in [0.3, 0.4) is 0 Å². The third kappa shape index (κ3) is 7.03. The van der Waals surface area contributed by atoms with Crippen molar-refractivity contribution in [3.63, 3.8) is 0 Å². The molecule has 2 N–H and O–H groups in total. The van der Waals surface area contributed by atoms with Crippen LogP contribution in [0.1, 0.15) is 34.6 Å². The van der Waals surface area contributed by atoms with Gasteiger partial charge in [0.15, 0.2) is 12.6 Å². The van der Waals surface area contributed by atoms with Gasteiger partial charge in [-0.2, -0.15) is 0 Å². The van der Waals surface area contributed by atoms with Gasteiger partial charge in [0.25, 0.3) is 0 Å². The van der Waals surface area contributed by atoms with E-state index >= 15 is 0 Å². The van der Waals surface area contributed by atoms with Crippen molar-refractivity contribution in [3.05, 3.63) is 59.7 Å². The average molecular weight is 348 g/mol. The van der Waals surface area contributed by atoms with Crippen molar-refractivity contribution in [1.82, 2.24) is 0 Å². The molecule has 0 atom stereocenters. The number of hydrogen-bond acceptors (Lipinski definition) is 5. The van der Waals surface area contributed by atoms with Crippen LogP contribution in [0.2, 0.25) is 0 Å². The van der Waals surface area contributed by atoms with Crippen molar-refractivity contribution in [2.45, 2.75) is 23.6 Å². The summed E-state index contributed by atoms with van der Waals surface area (Å²) in [6, 6.07) is 14.8. The number of carbonyl (C=O) groups excluding carboxylic acids is 2. The van der Waals surface area contributed by atoms with Gasteiger partial charge in [0.05, 0.1) is 0 Å². The van der Waals surface area contributed by atoms with E-state index in [0.29, 0.717) is 17.0 Å². The molecule has 2 aromatic carbocycles. The van der Waals surface area contributed by atoms with Crippen LogP contribution in [0.25, 0.3) is 0 Å². The smallest absolute Gasteiger partial charge is 0.151 e. The standard InChI is InChI=1S/C14H10O2S2.C4H11N/c15-9-11-5-1-3-7-13(11)17-18-14-8-4-2-6-12(14)10-16;1-4(2)3-5/h1-10H;4H,3,5H2,1-2H3. The Morgan fingerprint density at radius 1 is 0.870 bits per heavy atom. The summed E-state index contributed by atoms with van der Waals surface area (Å²) >= 11 is 0. The molecule has 0 fully saturated rings. The monoisotopic (exact) mass is 347 g/mol. The number of nitrogens with two attached hydrogens (primary N) is 1. The molecule has 0 bridgehead atoms. The lowest BCUT2D eigenvalue weighted by Crippen LogP contribution is -2.05. The van der Waals surface area contributed by atoms with Crippen LogP contribution in [0.5, 0.6) is 0 Å². The summed E-state index contributed by atoms with van der Waals surface area (Å²) in [4.78, 5) is 23.6. The molecule has 0 radical (unpaired) electrons. The third-order valence-corrected chi connectivity index (χ3v) is 5.30. The average Bonchev–Trinajstić information content (AvgIpc) is 2.60. The minimum Gasteiger partial charge on any atom is -0.330 e. The van der Waals surface area contributed by atoms with Crippen molar-refractivity contribution in [2.24, 2.45) is 11.7 Å². The molecule has 0 amide bonds. The number of benzene rings is 2. The first kappa shape index (κ1) is 19.5. The van der Waals surface area contributed by atoms with Crippen LogP contribution in [0, 0.1) is 5.92 Å². The van der Waals surface area contributed by atoms with E-state index in [9.17, 15) is 9.59 Å². The zero-order valence-corrected chi connectivity index (χ0v) is 14.9. The second-order valence-corrected chi connectivity index (χ2v) is 7.32. The quantitative estimate of drug-likeness (QED) is 0.605. The predicted octanol–water partition coefficient (Wildman–Crippen LogP) is 4.71. The molecule has 0 spiro atoms. The maximum Gasteiger partial charge on any atom is 0.151 e. The first-order valence-electron chi connectivity index (χ1n) is 7.25. The van der Waals surface area contributed by atoms with Gasteiger partial charge in [-0.15, -0.1) is 0 Å². The maximum atomic E-state index is 10.9. The summed E-state index contributed by atoms with van der Waals surface area (Å²) in [6.07, 6.45) is 1.68. The van der Waals surface area contributed by atoms with Crippen LogP contribution in [0.15, 0.2) is 58.3 Å². The summed E-state index contributed by atoms with van der Waals surface area (Å²) in [6.45, 7) is 5.00. The van der Waals surface area contributed by atoms with E-state index in [1.54, 1.807) is 12.1 Å². The first-order valence-corrected chi connectivity index (χ1v) is 9.40. The molecule has 23 heavy (non-hydrogen) atoms. The van der Waals surface area contributed by atoms with E-state index < -0.39 is 0 Å². The number of hydrogen-bond donors (Lipinski definition) is 1. The first-order chi connectivity index (χ1) is 11.1. The Hall–Kier alpha value is -1.56. The molecule has 0 aromatic heterocycles. The Morgan fingerprint density at radius 2 is 1.22 bits per heavy atom. The molecule has 3 nitrogen and oxygen atoms in total. The van der Waals surface area contributed by atoms with E-state index in [0.717, 1.165) is 28.9 Å². The molecule has 0 saturated heterocycles. The summed E-state index contributed by atoms with van der Waals surface area (Å²) in [5.41, 5.74) is 6.50. The van der Waals surface area contributed by atoms with Crippen LogP contribution >= 0.6 is 21.6 Å². The highest BCUT2D eigenvalue weighted by Crippen LogP contribution is 2.39. The second kappa shape index (κ2) is 11.0. The lowest BCUT2D eigenvalue weighted by molar-refractivity contribution is 0.111. The normalized spacial score (nSPS) is 9.91. The van der Waals surface area contributed by atoms with Gasteiger partial charge < -0.3 is 5.73 Å². The van der Waals surface area contributed by atoms with Crippen LogP contribution in [0.4, 0.5) is 0 Å². The number of rotatable bonds is 6. The van der Waals surface area contributed by atoms with Crippen molar-refractivity contribution in [3.8, 4) is 0 Å². The molecule has 2 rings (SSSR count). The molecule has 2 aromatic rings. The van der Waals surface area contributed by atoms with Crippen molar-refractivity contribution < 1.29 is 9.59 Å². The number of aldehydes is 2. The van der Waals surface area contributed by atoms with Gasteiger partial charge >= 0.3 is 0 Å². The fourth-order valence-electron chi connectivity index (χ4n) is 1.40. The molecule has 0 unspecified atom stereocenters. The van der Waals surface area contributed by atoms with E-state index in [1.807, 2.05) is 36.4 Å². The van der Waals surface area contributed by atoms with Crippen LogP contribution < -0.4 is 5.73 Å². The Balaban J connectivity index is 0.000000463. The van der Waals surface area contributed by atoms with Crippen molar-refractivity contribution in [2.75, 3.05) is 6.54 Å². The SMILES string of the molecule is CC(C)CN.O=Cc1ccccc1SSc1ccccc1C=O. The van der Waals surface area contributed by atoms with Gasteiger partial charge in [0.2, 0.25) is 0 Å². The minimum absolute atomic E-state index is 0.662. The molecule has 0 aliphatic carbocycles. The molecule has 0 aliphatic rings. The van der Waals surface area contributed by atoms with E-state index in [2.05, 4.69) is 13.8 Å². The molecule has 0 saturated carbocycles.